The van der Waals surface area contributed by atoms with Crippen molar-refractivity contribution in [1.82, 2.24) is 0 Å². The summed E-state index contributed by atoms with van der Waals surface area (Å²) in [7, 11) is -2.95. The maximum Gasteiger partial charge on any atom is 0.150 e. The molecule has 102 valence electrons. The summed E-state index contributed by atoms with van der Waals surface area (Å²) in [5.74, 6) is 0.192. The Labute approximate surface area is 113 Å². The highest BCUT2D eigenvalue weighted by Crippen LogP contribution is 2.25. The van der Waals surface area contributed by atoms with Crippen LogP contribution in [0.4, 0.5) is 4.39 Å². The van der Waals surface area contributed by atoms with Gasteiger partial charge in [0.15, 0.2) is 0 Å². The van der Waals surface area contributed by atoms with Crippen LogP contribution in [-0.4, -0.2) is 25.8 Å². The lowest BCUT2D eigenvalue weighted by atomic mass is 9.96. The first-order chi connectivity index (χ1) is 8.50. The van der Waals surface area contributed by atoms with Crippen molar-refractivity contribution in [3.8, 4) is 0 Å². The second-order valence-corrected chi connectivity index (χ2v) is 7.03. The van der Waals surface area contributed by atoms with E-state index in [2.05, 4.69) is 0 Å². The normalized spacial score (nSPS) is 13.5. The van der Waals surface area contributed by atoms with Crippen molar-refractivity contribution in [2.75, 3.05) is 17.4 Å². The number of alkyl halides is 1. The lowest BCUT2D eigenvalue weighted by molar-refractivity contribution is 0.566. The van der Waals surface area contributed by atoms with E-state index in [1.54, 1.807) is 25.1 Å². The smallest absolute Gasteiger partial charge is 0.150 e. The maximum absolute atomic E-state index is 13.6. The highest BCUT2D eigenvalue weighted by molar-refractivity contribution is 7.91. The van der Waals surface area contributed by atoms with E-state index in [0.29, 0.717) is 24.3 Å². The van der Waals surface area contributed by atoms with Crippen LogP contribution in [0.25, 0.3) is 0 Å². The minimum absolute atomic E-state index is 0.125. The van der Waals surface area contributed by atoms with Gasteiger partial charge in [-0.05, 0) is 24.5 Å². The summed E-state index contributed by atoms with van der Waals surface area (Å²) in [6, 6.07) is 6.50. The van der Waals surface area contributed by atoms with Gasteiger partial charge in [-0.2, -0.15) is 0 Å². The molecule has 0 saturated carbocycles. The van der Waals surface area contributed by atoms with Crippen LogP contribution in [0.3, 0.4) is 0 Å². The molecule has 0 amide bonds. The van der Waals surface area contributed by atoms with Gasteiger partial charge in [0.2, 0.25) is 0 Å². The molecule has 18 heavy (non-hydrogen) atoms. The number of halogens is 2. The minimum atomic E-state index is -2.95. The van der Waals surface area contributed by atoms with Gasteiger partial charge in [-0.25, -0.2) is 12.8 Å². The molecule has 0 N–H and O–H groups in total. The Morgan fingerprint density at radius 3 is 2.56 bits per heavy atom. The summed E-state index contributed by atoms with van der Waals surface area (Å²) in [6.45, 7) is 1.63. The van der Waals surface area contributed by atoms with E-state index in [4.69, 9.17) is 11.6 Å². The van der Waals surface area contributed by atoms with Crippen LogP contribution in [-0.2, 0) is 9.84 Å². The number of benzene rings is 1. The average Bonchev–Trinajstić information content (AvgIpc) is 2.36. The molecule has 0 aromatic heterocycles. The summed E-state index contributed by atoms with van der Waals surface area (Å²) < 4.78 is 36.3. The molecule has 0 spiro atoms. The molecule has 1 rings (SSSR count). The highest BCUT2D eigenvalue weighted by atomic mass is 35.5. The Morgan fingerprint density at radius 1 is 1.33 bits per heavy atom. The Hall–Kier alpha value is -0.610. The van der Waals surface area contributed by atoms with E-state index >= 15 is 0 Å². The predicted octanol–water partition coefficient (Wildman–Crippen LogP) is 3.36. The van der Waals surface area contributed by atoms with E-state index in [1.807, 2.05) is 0 Å². The molecule has 0 radical (unpaired) electrons. The van der Waals surface area contributed by atoms with E-state index in [1.165, 1.54) is 6.07 Å². The first kappa shape index (κ1) is 15.4. The maximum atomic E-state index is 13.6. The van der Waals surface area contributed by atoms with Gasteiger partial charge in [0.1, 0.15) is 15.7 Å². The van der Waals surface area contributed by atoms with Crippen molar-refractivity contribution in [1.29, 1.82) is 0 Å². The third-order valence-electron chi connectivity index (χ3n) is 2.98. The number of sulfone groups is 1. The van der Waals surface area contributed by atoms with Crippen molar-refractivity contribution < 1.29 is 12.8 Å². The lowest BCUT2D eigenvalue weighted by Gasteiger charge is -2.14. The van der Waals surface area contributed by atoms with Crippen molar-refractivity contribution in [3.63, 3.8) is 0 Å². The number of hydrogen-bond donors (Lipinski definition) is 0. The van der Waals surface area contributed by atoms with Crippen LogP contribution >= 0.6 is 11.6 Å². The third kappa shape index (κ3) is 4.58. The highest BCUT2D eigenvalue weighted by Gasteiger charge is 2.16. The lowest BCUT2D eigenvalue weighted by Crippen LogP contribution is -2.11. The second-order valence-electron chi connectivity index (χ2n) is 4.25. The molecule has 0 bridgehead atoms. The topological polar surface area (TPSA) is 34.1 Å². The summed E-state index contributed by atoms with van der Waals surface area (Å²) in [5, 5.41) is 0. The van der Waals surface area contributed by atoms with Crippen LogP contribution in [0.1, 0.15) is 31.2 Å². The molecule has 0 saturated heterocycles. The fourth-order valence-electron chi connectivity index (χ4n) is 1.82. The molecule has 1 aromatic carbocycles. The monoisotopic (exact) mass is 292 g/mol. The molecule has 0 heterocycles. The molecule has 0 aliphatic rings. The van der Waals surface area contributed by atoms with E-state index in [-0.39, 0.29) is 23.2 Å². The van der Waals surface area contributed by atoms with E-state index in [0.717, 1.165) is 0 Å². The van der Waals surface area contributed by atoms with Gasteiger partial charge in [-0.3, -0.25) is 0 Å². The average molecular weight is 293 g/mol. The molecule has 1 aromatic rings. The molecule has 1 unspecified atom stereocenters. The van der Waals surface area contributed by atoms with E-state index < -0.39 is 9.84 Å². The molecule has 0 fully saturated rings. The van der Waals surface area contributed by atoms with Crippen LogP contribution in [0.15, 0.2) is 24.3 Å². The van der Waals surface area contributed by atoms with Gasteiger partial charge >= 0.3 is 0 Å². The van der Waals surface area contributed by atoms with Gasteiger partial charge in [0.25, 0.3) is 0 Å². The third-order valence-corrected chi connectivity index (χ3v) is 5.14. The first-order valence-corrected chi connectivity index (χ1v) is 8.36. The summed E-state index contributed by atoms with van der Waals surface area (Å²) in [5.41, 5.74) is 0.571. The number of rotatable bonds is 7. The SMILES string of the molecule is CCS(=O)(=O)CCCC(CCl)c1ccccc1F. The quantitative estimate of drug-likeness (QED) is 0.722. The van der Waals surface area contributed by atoms with Gasteiger partial charge in [-0.15, -0.1) is 11.6 Å². The standard InChI is InChI=1S/C13H18ClFO2S/c1-2-18(16,17)9-5-6-11(10-14)12-7-3-4-8-13(12)15/h3-4,7-8,11H,2,5-6,9-10H2,1H3. The van der Waals surface area contributed by atoms with Crippen molar-refractivity contribution in [3.05, 3.63) is 35.6 Å². The molecular weight excluding hydrogens is 275 g/mol. The van der Waals surface area contributed by atoms with Gasteiger partial charge in [-0.1, -0.05) is 25.1 Å². The van der Waals surface area contributed by atoms with E-state index in [9.17, 15) is 12.8 Å². The van der Waals surface area contributed by atoms with Gasteiger partial charge < -0.3 is 0 Å². The molecule has 5 heteroatoms. The minimum Gasteiger partial charge on any atom is -0.229 e. The zero-order valence-electron chi connectivity index (χ0n) is 10.4. The molecular formula is C13H18ClFO2S. The Morgan fingerprint density at radius 2 is 2.00 bits per heavy atom. The first-order valence-electron chi connectivity index (χ1n) is 6.01. The van der Waals surface area contributed by atoms with Crippen LogP contribution in [0.5, 0.6) is 0 Å². The van der Waals surface area contributed by atoms with Crippen LogP contribution in [0.2, 0.25) is 0 Å². The Balaban J connectivity index is 2.61. The largest absolute Gasteiger partial charge is 0.229 e. The zero-order valence-corrected chi connectivity index (χ0v) is 12.0. The predicted molar refractivity (Wildman–Crippen MR) is 73.4 cm³/mol. The van der Waals surface area contributed by atoms with Crippen molar-refractivity contribution in [2.24, 2.45) is 0 Å². The second kappa shape index (κ2) is 7.10. The molecule has 2 nitrogen and oxygen atoms in total. The Kier molecular flexibility index (Phi) is 6.09. The summed E-state index contributed by atoms with van der Waals surface area (Å²) >= 11 is 5.84. The number of hydrogen-bond acceptors (Lipinski definition) is 2. The van der Waals surface area contributed by atoms with Crippen molar-refractivity contribution in [2.45, 2.75) is 25.7 Å². The Bertz CT molecular complexity index is 474. The molecule has 1 atom stereocenters. The fraction of sp³-hybridized carbons (Fsp3) is 0.538. The van der Waals surface area contributed by atoms with Crippen LogP contribution in [0, 0.1) is 5.82 Å². The summed E-state index contributed by atoms with van der Waals surface area (Å²) in [6.07, 6.45) is 1.10. The molecule has 0 aliphatic heterocycles. The van der Waals surface area contributed by atoms with Crippen molar-refractivity contribution >= 4 is 21.4 Å². The zero-order chi connectivity index (χ0) is 13.6. The van der Waals surface area contributed by atoms with Crippen LogP contribution < -0.4 is 0 Å². The fourth-order valence-corrected chi connectivity index (χ4v) is 3.03. The molecule has 0 aliphatic carbocycles. The summed E-state index contributed by atoms with van der Waals surface area (Å²) in [4.78, 5) is 0. The van der Waals surface area contributed by atoms with Gasteiger partial charge in [0, 0.05) is 17.6 Å². The van der Waals surface area contributed by atoms with Gasteiger partial charge in [0.05, 0.1) is 5.75 Å².